The lowest BCUT2D eigenvalue weighted by Crippen LogP contribution is -2.24. The Hall–Kier alpha value is -1.28. The molecule has 92 valence electrons. The first-order chi connectivity index (χ1) is 8.02. The highest BCUT2D eigenvalue weighted by Gasteiger charge is 2.28. The highest BCUT2D eigenvalue weighted by atomic mass is 16.5. The number of allylic oxidation sites excluding steroid dienone is 1. The van der Waals surface area contributed by atoms with Gasteiger partial charge in [0.15, 0.2) is 0 Å². The second-order valence-corrected chi connectivity index (χ2v) is 5.50. The normalized spacial score (nSPS) is 23.1. The van der Waals surface area contributed by atoms with Crippen molar-refractivity contribution in [2.24, 2.45) is 5.41 Å². The molecule has 17 heavy (non-hydrogen) atoms. The van der Waals surface area contributed by atoms with E-state index in [0.29, 0.717) is 0 Å². The monoisotopic (exact) mass is 232 g/mol. The zero-order chi connectivity index (χ0) is 12.5. The molecule has 0 saturated heterocycles. The average molecular weight is 232 g/mol. The van der Waals surface area contributed by atoms with E-state index < -0.39 is 0 Å². The quantitative estimate of drug-likeness (QED) is 0.848. The van der Waals surface area contributed by atoms with Gasteiger partial charge in [-0.05, 0) is 29.9 Å². The smallest absolute Gasteiger partial charge is 0.126 e. The molecule has 0 spiro atoms. The molecule has 0 aromatic heterocycles. The molecule has 1 aliphatic rings. The minimum Gasteiger partial charge on any atom is -0.496 e. The highest BCUT2D eigenvalue weighted by molar-refractivity contribution is 5.72. The fraction of sp³-hybridized carbons (Fsp3) is 0.467. The minimum atomic E-state index is -0.348. The summed E-state index contributed by atoms with van der Waals surface area (Å²) in [5.74, 6) is 0.878. The van der Waals surface area contributed by atoms with Crippen LogP contribution in [0.2, 0.25) is 0 Å². The summed E-state index contributed by atoms with van der Waals surface area (Å²) in [6.45, 7) is 4.39. The maximum absolute atomic E-state index is 9.92. The van der Waals surface area contributed by atoms with Gasteiger partial charge in [-0.25, -0.2) is 0 Å². The molecule has 0 radical (unpaired) electrons. The second-order valence-electron chi connectivity index (χ2n) is 5.50. The number of hydrogen-bond donors (Lipinski definition) is 1. The Morgan fingerprint density at radius 1 is 1.29 bits per heavy atom. The molecule has 0 fully saturated rings. The molecule has 2 nitrogen and oxygen atoms in total. The van der Waals surface area contributed by atoms with Crippen molar-refractivity contribution in [3.63, 3.8) is 0 Å². The molecule has 0 bridgehead atoms. The van der Waals surface area contributed by atoms with Gasteiger partial charge in [0.25, 0.3) is 0 Å². The van der Waals surface area contributed by atoms with Crippen LogP contribution >= 0.6 is 0 Å². The number of para-hydroxylation sites is 1. The van der Waals surface area contributed by atoms with Crippen LogP contribution in [0.1, 0.15) is 32.3 Å². The van der Waals surface area contributed by atoms with E-state index in [1.54, 1.807) is 7.11 Å². The first-order valence-electron chi connectivity index (χ1n) is 6.04. The van der Waals surface area contributed by atoms with Crippen LogP contribution in [0.15, 0.2) is 30.3 Å². The van der Waals surface area contributed by atoms with Gasteiger partial charge >= 0.3 is 0 Å². The third-order valence-electron chi connectivity index (χ3n) is 3.28. The van der Waals surface area contributed by atoms with Crippen LogP contribution in [0, 0.1) is 5.41 Å². The zero-order valence-electron chi connectivity index (χ0n) is 10.7. The molecule has 1 atom stereocenters. The first kappa shape index (κ1) is 12.2. The first-order valence-corrected chi connectivity index (χ1v) is 6.04. The van der Waals surface area contributed by atoms with Crippen LogP contribution in [0.25, 0.3) is 5.57 Å². The van der Waals surface area contributed by atoms with Gasteiger partial charge in [-0.3, -0.25) is 0 Å². The number of aliphatic hydroxyl groups is 1. The van der Waals surface area contributed by atoms with Gasteiger partial charge in [0.05, 0.1) is 13.2 Å². The lowest BCUT2D eigenvalue weighted by atomic mass is 9.74. The topological polar surface area (TPSA) is 29.5 Å². The van der Waals surface area contributed by atoms with Crippen molar-refractivity contribution in [1.29, 1.82) is 0 Å². The predicted octanol–water partition coefficient (Wildman–Crippen LogP) is 3.26. The van der Waals surface area contributed by atoms with E-state index in [4.69, 9.17) is 4.74 Å². The van der Waals surface area contributed by atoms with Crippen LogP contribution in [0.4, 0.5) is 0 Å². The van der Waals surface area contributed by atoms with Crippen molar-refractivity contribution >= 4 is 5.57 Å². The van der Waals surface area contributed by atoms with E-state index in [0.717, 1.165) is 24.2 Å². The summed E-state index contributed by atoms with van der Waals surface area (Å²) in [5.41, 5.74) is 2.43. The van der Waals surface area contributed by atoms with E-state index in [1.165, 1.54) is 5.57 Å². The van der Waals surface area contributed by atoms with Crippen LogP contribution in [-0.4, -0.2) is 18.3 Å². The van der Waals surface area contributed by atoms with E-state index in [9.17, 15) is 5.11 Å². The van der Waals surface area contributed by atoms with Crippen molar-refractivity contribution in [2.75, 3.05) is 7.11 Å². The second kappa shape index (κ2) is 4.53. The molecule has 0 heterocycles. The third-order valence-corrected chi connectivity index (χ3v) is 3.28. The highest BCUT2D eigenvalue weighted by Crippen LogP contribution is 2.41. The molecule has 0 amide bonds. The fourth-order valence-corrected chi connectivity index (χ4v) is 2.60. The largest absolute Gasteiger partial charge is 0.496 e. The third kappa shape index (κ3) is 2.70. The van der Waals surface area contributed by atoms with Crippen LogP contribution in [-0.2, 0) is 0 Å². The van der Waals surface area contributed by atoms with Crippen LogP contribution in [0.5, 0.6) is 5.75 Å². The van der Waals surface area contributed by atoms with Crippen molar-refractivity contribution < 1.29 is 9.84 Å². The van der Waals surface area contributed by atoms with Crippen LogP contribution < -0.4 is 4.74 Å². The van der Waals surface area contributed by atoms with Crippen molar-refractivity contribution in [3.05, 3.63) is 35.9 Å². The number of benzene rings is 1. The van der Waals surface area contributed by atoms with Gasteiger partial charge in [0.1, 0.15) is 5.75 Å². The molecule has 1 aromatic carbocycles. The molecule has 1 unspecified atom stereocenters. The van der Waals surface area contributed by atoms with Gasteiger partial charge in [-0.2, -0.15) is 0 Å². The van der Waals surface area contributed by atoms with E-state index in [1.807, 2.05) is 24.3 Å². The van der Waals surface area contributed by atoms with Gasteiger partial charge in [-0.15, -0.1) is 0 Å². The molecule has 1 aromatic rings. The SMILES string of the molecule is COc1ccccc1C1=CC(O)CC(C)(C)C1. The van der Waals surface area contributed by atoms with E-state index in [-0.39, 0.29) is 11.5 Å². The molecular formula is C15H20O2. The number of methoxy groups -OCH3 is 1. The van der Waals surface area contributed by atoms with Gasteiger partial charge in [0, 0.05) is 5.56 Å². The minimum absolute atomic E-state index is 0.143. The summed E-state index contributed by atoms with van der Waals surface area (Å²) in [7, 11) is 1.68. The van der Waals surface area contributed by atoms with Crippen molar-refractivity contribution in [2.45, 2.75) is 32.8 Å². The summed E-state index contributed by atoms with van der Waals surface area (Å²) in [6, 6.07) is 7.99. The molecule has 1 aliphatic carbocycles. The average Bonchev–Trinajstić information content (AvgIpc) is 2.26. The predicted molar refractivity (Wildman–Crippen MR) is 70.0 cm³/mol. The van der Waals surface area contributed by atoms with E-state index in [2.05, 4.69) is 19.9 Å². The summed E-state index contributed by atoms with van der Waals surface area (Å²) in [6.07, 6.45) is 3.41. The van der Waals surface area contributed by atoms with Gasteiger partial charge in [0.2, 0.25) is 0 Å². The van der Waals surface area contributed by atoms with Crippen molar-refractivity contribution in [1.82, 2.24) is 0 Å². The number of aliphatic hydroxyl groups excluding tert-OH is 1. The van der Waals surface area contributed by atoms with Crippen molar-refractivity contribution in [3.8, 4) is 5.75 Å². The molecular weight excluding hydrogens is 212 g/mol. The summed E-state index contributed by atoms with van der Waals surface area (Å²) >= 11 is 0. The Balaban J connectivity index is 2.39. The fourth-order valence-electron chi connectivity index (χ4n) is 2.60. The summed E-state index contributed by atoms with van der Waals surface area (Å²) in [4.78, 5) is 0. The van der Waals surface area contributed by atoms with E-state index >= 15 is 0 Å². The Morgan fingerprint density at radius 2 is 2.00 bits per heavy atom. The Labute approximate surface area is 103 Å². The summed E-state index contributed by atoms with van der Waals surface area (Å²) < 4.78 is 5.38. The number of hydrogen-bond acceptors (Lipinski definition) is 2. The maximum Gasteiger partial charge on any atom is 0.126 e. The zero-order valence-corrected chi connectivity index (χ0v) is 10.7. The van der Waals surface area contributed by atoms with Gasteiger partial charge in [-0.1, -0.05) is 38.1 Å². The molecule has 1 N–H and O–H groups in total. The Morgan fingerprint density at radius 3 is 2.65 bits per heavy atom. The molecule has 0 aliphatic heterocycles. The number of ether oxygens (including phenoxy) is 1. The lowest BCUT2D eigenvalue weighted by molar-refractivity contribution is 0.146. The molecule has 0 saturated carbocycles. The Kier molecular flexibility index (Phi) is 3.25. The van der Waals surface area contributed by atoms with Crippen LogP contribution in [0.3, 0.4) is 0 Å². The number of rotatable bonds is 2. The standard InChI is InChI=1S/C15H20O2/c1-15(2)9-11(8-12(16)10-15)13-6-4-5-7-14(13)17-3/h4-8,12,16H,9-10H2,1-3H3. The summed E-state index contributed by atoms with van der Waals surface area (Å²) in [5, 5.41) is 9.92. The van der Waals surface area contributed by atoms with Gasteiger partial charge < -0.3 is 9.84 Å². The molecule has 2 rings (SSSR count). The molecule has 2 heteroatoms. The lowest BCUT2D eigenvalue weighted by Gasteiger charge is -2.33. The Bertz CT molecular complexity index is 432. The maximum atomic E-state index is 9.92.